The predicted octanol–water partition coefficient (Wildman–Crippen LogP) is 4.25. The molecule has 1 saturated heterocycles. The molecule has 1 aliphatic carbocycles. The number of hydrogen-bond donors (Lipinski definition) is 1. The maximum Gasteiger partial charge on any atom is 0.255 e. The summed E-state index contributed by atoms with van der Waals surface area (Å²) in [7, 11) is 4.23. The van der Waals surface area contributed by atoms with Crippen molar-refractivity contribution < 1.29 is 13.9 Å². The third-order valence-electron chi connectivity index (χ3n) is 6.31. The van der Waals surface area contributed by atoms with Crippen LogP contribution in [0.15, 0.2) is 42.5 Å². The minimum absolute atomic E-state index is 0.205. The summed E-state index contributed by atoms with van der Waals surface area (Å²) >= 11 is 0. The quantitative estimate of drug-likeness (QED) is 0.740. The molecule has 160 valence electrons. The molecule has 6 heteroatoms. The number of nitrogens with zero attached hydrogens (tertiary/aromatic N) is 2. The average Bonchev–Trinajstić information content (AvgIpc) is 3.22. The topological polar surface area (TPSA) is 44.8 Å². The van der Waals surface area contributed by atoms with Crippen LogP contribution in [0.2, 0.25) is 0 Å². The smallest absolute Gasteiger partial charge is 0.255 e. The normalized spacial score (nSPS) is 23.0. The largest absolute Gasteiger partial charge is 0.490 e. The number of hydrogen-bond acceptors (Lipinski definition) is 4. The molecule has 2 aromatic carbocycles. The van der Waals surface area contributed by atoms with Gasteiger partial charge in [-0.1, -0.05) is 6.92 Å². The fourth-order valence-corrected chi connectivity index (χ4v) is 3.94. The molecule has 5 nitrogen and oxygen atoms in total. The zero-order chi connectivity index (χ0) is 21.3. The maximum absolute atomic E-state index is 14.3. The van der Waals surface area contributed by atoms with Gasteiger partial charge < -0.3 is 19.9 Å². The van der Waals surface area contributed by atoms with Gasteiger partial charge >= 0.3 is 0 Å². The molecule has 2 aromatic rings. The first-order valence-electron chi connectivity index (χ1n) is 10.7. The summed E-state index contributed by atoms with van der Waals surface area (Å²) in [4.78, 5) is 17.1. The Morgan fingerprint density at radius 1 is 1.23 bits per heavy atom. The van der Waals surface area contributed by atoms with Crippen LogP contribution in [0.4, 0.5) is 15.8 Å². The van der Waals surface area contributed by atoms with Crippen LogP contribution in [0.3, 0.4) is 0 Å². The van der Waals surface area contributed by atoms with Crippen molar-refractivity contribution in [3.8, 4) is 5.75 Å². The number of carbonyl (C=O) groups excluding carboxylic acids is 1. The van der Waals surface area contributed by atoms with Gasteiger partial charge in [0.2, 0.25) is 0 Å². The van der Waals surface area contributed by atoms with E-state index >= 15 is 0 Å². The summed E-state index contributed by atoms with van der Waals surface area (Å²) in [5.74, 6) is 0.541. The number of likely N-dealkylation sites (N-methyl/N-ethyl adjacent to an activating group) is 1. The zero-order valence-electron chi connectivity index (χ0n) is 17.9. The Bertz CT molecular complexity index is 900. The Morgan fingerprint density at radius 3 is 2.57 bits per heavy atom. The van der Waals surface area contributed by atoms with Gasteiger partial charge in [-0.05, 0) is 81.2 Å². The lowest BCUT2D eigenvalue weighted by Crippen LogP contribution is -2.31. The standard InChI is InChI=1S/C24H30FN3O2/c1-16-12-18(16)15-30-23-9-4-17(13-22(23)25)24(29)26-19-5-7-20(8-6-19)28-11-10-21(14-28)27(2)3/h4-9,13,16,18,21H,10-12,14-15H2,1-3H3,(H,26,29). The molecule has 2 fully saturated rings. The highest BCUT2D eigenvalue weighted by molar-refractivity contribution is 6.04. The number of benzene rings is 2. The first-order chi connectivity index (χ1) is 14.4. The maximum atomic E-state index is 14.3. The van der Waals surface area contributed by atoms with Crippen LogP contribution in [0, 0.1) is 17.7 Å². The Hall–Kier alpha value is -2.60. The summed E-state index contributed by atoms with van der Waals surface area (Å²) in [5.41, 5.74) is 2.11. The number of nitrogens with one attached hydrogen (secondary N) is 1. The van der Waals surface area contributed by atoms with Crippen LogP contribution in [0.5, 0.6) is 5.75 Å². The molecule has 0 spiro atoms. The molecule has 2 aliphatic rings. The van der Waals surface area contributed by atoms with Crippen LogP contribution < -0.4 is 15.0 Å². The number of rotatable bonds is 7. The molecule has 3 unspecified atom stereocenters. The molecule has 0 aromatic heterocycles. The van der Waals surface area contributed by atoms with Crippen molar-refractivity contribution in [1.29, 1.82) is 0 Å². The summed E-state index contributed by atoms with van der Waals surface area (Å²) in [5, 5.41) is 2.84. The molecule has 30 heavy (non-hydrogen) atoms. The lowest BCUT2D eigenvalue weighted by atomic mass is 10.2. The number of amides is 1. The molecule has 3 atom stereocenters. The van der Waals surface area contributed by atoms with Crippen LogP contribution in [0.1, 0.15) is 30.1 Å². The Kier molecular flexibility index (Phi) is 5.95. The first-order valence-corrected chi connectivity index (χ1v) is 10.7. The van der Waals surface area contributed by atoms with Crippen molar-refractivity contribution in [1.82, 2.24) is 4.90 Å². The summed E-state index contributed by atoms with van der Waals surface area (Å²) in [6.45, 7) is 4.73. The molecule has 4 rings (SSSR count). The zero-order valence-corrected chi connectivity index (χ0v) is 17.9. The summed E-state index contributed by atoms with van der Waals surface area (Å²) < 4.78 is 19.9. The third-order valence-corrected chi connectivity index (χ3v) is 6.31. The molecule has 1 amide bonds. The van der Waals surface area contributed by atoms with Gasteiger partial charge in [-0.25, -0.2) is 4.39 Å². The second-order valence-electron chi connectivity index (χ2n) is 8.78. The molecular weight excluding hydrogens is 381 g/mol. The van der Waals surface area contributed by atoms with E-state index in [9.17, 15) is 9.18 Å². The van der Waals surface area contributed by atoms with Crippen LogP contribution in [-0.4, -0.2) is 50.6 Å². The van der Waals surface area contributed by atoms with E-state index in [0.29, 0.717) is 30.2 Å². The second kappa shape index (κ2) is 8.64. The Morgan fingerprint density at radius 2 is 1.97 bits per heavy atom. The van der Waals surface area contributed by atoms with E-state index in [0.717, 1.165) is 31.6 Å². The van der Waals surface area contributed by atoms with Gasteiger partial charge in [0.1, 0.15) is 0 Å². The minimum Gasteiger partial charge on any atom is -0.490 e. The van der Waals surface area contributed by atoms with Gasteiger partial charge in [-0.15, -0.1) is 0 Å². The van der Waals surface area contributed by atoms with Crippen molar-refractivity contribution in [2.24, 2.45) is 11.8 Å². The van der Waals surface area contributed by atoms with Crippen LogP contribution in [-0.2, 0) is 0 Å². The Balaban J connectivity index is 1.34. The van der Waals surface area contributed by atoms with Crippen molar-refractivity contribution >= 4 is 17.3 Å². The lowest BCUT2D eigenvalue weighted by molar-refractivity contribution is 0.102. The van der Waals surface area contributed by atoms with Crippen LogP contribution >= 0.6 is 0 Å². The van der Waals surface area contributed by atoms with E-state index in [4.69, 9.17) is 4.74 Å². The van der Waals surface area contributed by atoms with Gasteiger partial charge in [-0.3, -0.25) is 4.79 Å². The van der Waals surface area contributed by atoms with Gasteiger partial charge in [0.25, 0.3) is 5.91 Å². The lowest BCUT2D eigenvalue weighted by Gasteiger charge is -2.22. The monoisotopic (exact) mass is 411 g/mol. The van der Waals surface area contributed by atoms with Crippen LogP contribution in [0.25, 0.3) is 0 Å². The Labute approximate surface area is 177 Å². The highest BCUT2D eigenvalue weighted by Gasteiger charge is 2.33. The van der Waals surface area contributed by atoms with E-state index in [2.05, 4.69) is 36.1 Å². The van der Waals surface area contributed by atoms with E-state index in [-0.39, 0.29) is 17.2 Å². The van der Waals surface area contributed by atoms with Gasteiger partial charge in [0.15, 0.2) is 11.6 Å². The molecule has 1 aliphatic heterocycles. The van der Waals surface area contributed by atoms with E-state index < -0.39 is 5.82 Å². The number of halogens is 1. The van der Waals surface area contributed by atoms with E-state index in [1.807, 2.05) is 24.3 Å². The fraction of sp³-hybridized carbons (Fsp3) is 0.458. The van der Waals surface area contributed by atoms with Crippen molar-refractivity contribution in [2.45, 2.75) is 25.8 Å². The SMILES string of the molecule is CC1CC1COc1ccc(C(=O)Nc2ccc(N3CCC(N(C)C)C3)cc2)cc1F. The van der Waals surface area contributed by atoms with Crippen molar-refractivity contribution in [3.05, 3.63) is 53.8 Å². The second-order valence-corrected chi connectivity index (χ2v) is 8.78. The number of anilines is 2. The fourth-order valence-electron chi connectivity index (χ4n) is 3.94. The molecule has 1 N–H and O–H groups in total. The van der Waals surface area contributed by atoms with Gasteiger partial charge in [-0.2, -0.15) is 0 Å². The third kappa shape index (κ3) is 4.75. The summed E-state index contributed by atoms with van der Waals surface area (Å²) in [6, 6.07) is 12.8. The highest BCUT2D eigenvalue weighted by atomic mass is 19.1. The average molecular weight is 412 g/mol. The molecule has 0 radical (unpaired) electrons. The van der Waals surface area contributed by atoms with Gasteiger partial charge in [0.05, 0.1) is 6.61 Å². The number of carbonyl (C=O) groups is 1. The first kappa shape index (κ1) is 20.7. The van der Waals surface area contributed by atoms with E-state index in [1.165, 1.54) is 12.1 Å². The summed E-state index contributed by atoms with van der Waals surface area (Å²) in [6.07, 6.45) is 2.28. The van der Waals surface area contributed by atoms with Gasteiger partial charge in [0, 0.05) is 36.1 Å². The molecular formula is C24H30FN3O2. The van der Waals surface area contributed by atoms with E-state index in [1.54, 1.807) is 6.07 Å². The molecule has 1 saturated carbocycles. The molecule has 1 heterocycles. The highest BCUT2D eigenvalue weighted by Crippen LogP contribution is 2.38. The minimum atomic E-state index is -0.504. The van der Waals surface area contributed by atoms with Crippen molar-refractivity contribution in [2.75, 3.05) is 44.0 Å². The molecule has 0 bridgehead atoms. The number of ether oxygens (including phenoxy) is 1. The predicted molar refractivity (Wildman–Crippen MR) is 118 cm³/mol. The van der Waals surface area contributed by atoms with Crippen molar-refractivity contribution in [3.63, 3.8) is 0 Å².